The summed E-state index contributed by atoms with van der Waals surface area (Å²) in [6, 6.07) is 5.59. The lowest BCUT2D eigenvalue weighted by Crippen LogP contribution is -2.63. The van der Waals surface area contributed by atoms with Gasteiger partial charge in [0.05, 0.1) is 19.4 Å². The maximum Gasteiger partial charge on any atom is 0.446 e. The molecule has 414 valence electrons. The van der Waals surface area contributed by atoms with Crippen LogP contribution in [-0.2, 0) is 66.4 Å². The van der Waals surface area contributed by atoms with Gasteiger partial charge < -0.3 is 56.6 Å². The molecule has 4 aliphatic carbocycles. The first kappa shape index (κ1) is 58.9. The van der Waals surface area contributed by atoms with Gasteiger partial charge in [-0.1, -0.05) is 30.3 Å². The van der Waals surface area contributed by atoms with E-state index in [1.165, 1.54) is 47.8 Å². The van der Waals surface area contributed by atoms with Crippen molar-refractivity contribution in [2.45, 2.75) is 119 Å². The highest BCUT2D eigenvalue weighted by Crippen LogP contribution is 2.55. The molecule has 26 heteroatoms. The zero-order valence-corrected chi connectivity index (χ0v) is 44.5. The SMILES string of the molecule is CSCC[C@H](NC(=O)[C@H](Cc1ccc(OS(=O)(=O)O)cc1)NC(=O)CCC(=O)O)C(=O)NCC(=O)N[C@@H](Cc1c[nH]c2ccccc12)C(=O)N[C@@H](CCSC)C(=O)N[C@@H](CC(=O)O)C(=O)NC12CC3CC(CC(C3)C1)C2. The molecule has 4 saturated carbocycles. The quantitative estimate of drug-likeness (QED) is 0.0422. The maximum absolute atomic E-state index is 14.4. The fourth-order valence-corrected chi connectivity index (χ4v) is 12.1. The molecule has 1 aromatic heterocycles. The number of thioether (sulfide) groups is 2. The highest BCUT2D eigenvalue weighted by molar-refractivity contribution is 7.98. The van der Waals surface area contributed by atoms with Crippen LogP contribution in [0.15, 0.2) is 54.7 Å². The fourth-order valence-electron chi connectivity index (χ4n) is 10.8. The van der Waals surface area contributed by atoms with E-state index in [2.05, 4.69) is 46.4 Å². The Labute approximate surface area is 448 Å². The molecule has 5 atom stereocenters. The molecule has 23 nitrogen and oxygen atoms in total. The standard InChI is InChI=1S/C50H66N8O15S3/c1-74-15-13-36(55-47(67)38(53-41(59)11-12-43(61)62)20-28-7-9-33(10-8-28)73-76(70,71)72)45(65)52-27-42(60)54-39(21-32-26-51-35-6-4-3-5-34(32)35)48(68)56-37(14-16-75-2)46(66)57-40(22-44(63)64)49(69)58-50-23-29-17-30(24-50)19-31(18-29)25-50/h3-10,26,29-31,36-40,51H,11-25,27H2,1-2H3,(H,52,65)(H,53,59)(H,54,60)(H,55,67)(H,56,68)(H,57,66)(H,58,69)(H,61,62)(H,63,64)(H,70,71,72)/t29?,30?,31?,36-,37-,38-,39-,40-,50?/m0/s1. The molecular formula is C50H66N8O15S3. The van der Waals surface area contributed by atoms with Crippen molar-refractivity contribution < 1.29 is 70.5 Å². The summed E-state index contributed by atoms with van der Waals surface area (Å²) in [5.41, 5.74) is 1.27. The number of aliphatic carboxylic acids is 2. The van der Waals surface area contributed by atoms with Gasteiger partial charge in [-0.25, -0.2) is 0 Å². The Kier molecular flexibility index (Phi) is 21.0. The predicted octanol–water partition coefficient (Wildman–Crippen LogP) is 1.61. The van der Waals surface area contributed by atoms with Crippen molar-refractivity contribution in [3.05, 3.63) is 65.9 Å². The Balaban J connectivity index is 1.14. The van der Waals surface area contributed by atoms with E-state index in [0.29, 0.717) is 40.4 Å². The number of fused-ring (bicyclic) bond motifs is 1. The van der Waals surface area contributed by atoms with Crippen LogP contribution in [-0.4, -0.2) is 148 Å². The number of aromatic nitrogens is 1. The monoisotopic (exact) mass is 1110 g/mol. The number of carbonyl (C=O) groups is 9. The summed E-state index contributed by atoms with van der Waals surface area (Å²) in [6.07, 6.45) is 9.06. The largest absolute Gasteiger partial charge is 0.481 e. The smallest absolute Gasteiger partial charge is 0.446 e. The van der Waals surface area contributed by atoms with E-state index >= 15 is 0 Å². The summed E-state index contributed by atoms with van der Waals surface area (Å²) < 4.78 is 35.8. The summed E-state index contributed by atoms with van der Waals surface area (Å²) in [5, 5.41) is 38.4. The number of nitrogens with one attached hydrogen (secondary N) is 8. The average Bonchev–Trinajstić information content (AvgIpc) is 3.76. The van der Waals surface area contributed by atoms with Gasteiger partial charge in [0.25, 0.3) is 0 Å². The summed E-state index contributed by atoms with van der Waals surface area (Å²) in [7, 11) is -4.84. The van der Waals surface area contributed by atoms with Gasteiger partial charge in [0.1, 0.15) is 36.0 Å². The second-order valence-electron chi connectivity index (χ2n) is 19.8. The number of H-pyrrole nitrogens is 1. The third-order valence-electron chi connectivity index (χ3n) is 13.9. The fraction of sp³-hybridized carbons (Fsp3) is 0.540. The first-order chi connectivity index (χ1) is 36.1. The normalized spacial score (nSPS) is 20.4. The first-order valence-electron chi connectivity index (χ1n) is 24.9. The van der Waals surface area contributed by atoms with Crippen molar-refractivity contribution in [1.82, 2.24) is 42.2 Å². The zero-order chi connectivity index (χ0) is 55.2. The number of carbonyl (C=O) groups excluding carboxylic acids is 7. The number of aromatic amines is 1. The van der Waals surface area contributed by atoms with Gasteiger partial charge in [0.15, 0.2) is 0 Å². The third-order valence-corrected chi connectivity index (χ3v) is 15.6. The summed E-state index contributed by atoms with van der Waals surface area (Å²) in [6.45, 7) is -0.693. The minimum Gasteiger partial charge on any atom is -0.481 e. The van der Waals surface area contributed by atoms with Gasteiger partial charge in [-0.15, -0.1) is 0 Å². The van der Waals surface area contributed by atoms with Crippen LogP contribution in [0, 0.1) is 17.8 Å². The third kappa shape index (κ3) is 17.6. The van der Waals surface area contributed by atoms with Crippen LogP contribution < -0.4 is 41.4 Å². The number of hydrogen-bond donors (Lipinski definition) is 11. The van der Waals surface area contributed by atoms with E-state index < -0.39 is 125 Å². The number of carboxylic acids is 2. The van der Waals surface area contributed by atoms with Crippen molar-refractivity contribution in [3.63, 3.8) is 0 Å². The predicted molar refractivity (Wildman–Crippen MR) is 281 cm³/mol. The molecule has 0 aliphatic heterocycles. The summed E-state index contributed by atoms with van der Waals surface area (Å²) in [5.74, 6) is -6.12. The maximum atomic E-state index is 14.4. The summed E-state index contributed by atoms with van der Waals surface area (Å²) in [4.78, 5) is 123. The second kappa shape index (κ2) is 27.1. The van der Waals surface area contributed by atoms with Gasteiger partial charge in [-0.05, 0) is 122 Å². The lowest BCUT2D eigenvalue weighted by atomic mass is 9.53. The lowest BCUT2D eigenvalue weighted by Gasteiger charge is -2.57. The molecule has 1 heterocycles. The molecule has 0 unspecified atom stereocenters. The Bertz CT molecular complexity index is 2690. The molecule has 11 N–H and O–H groups in total. The van der Waals surface area contributed by atoms with Crippen molar-refractivity contribution in [3.8, 4) is 5.75 Å². The molecule has 2 aromatic carbocycles. The van der Waals surface area contributed by atoms with Crippen LogP contribution in [0.4, 0.5) is 0 Å². The Morgan fingerprint density at radius 2 is 1.20 bits per heavy atom. The van der Waals surface area contributed by atoms with Crippen LogP contribution >= 0.6 is 23.5 Å². The Hall–Kier alpha value is -6.38. The number of benzene rings is 2. The number of rotatable bonds is 30. The van der Waals surface area contributed by atoms with Gasteiger partial charge >= 0.3 is 22.3 Å². The average molecular weight is 1120 g/mol. The molecule has 0 spiro atoms. The first-order valence-corrected chi connectivity index (χ1v) is 29.1. The van der Waals surface area contributed by atoms with Gasteiger partial charge in [0.2, 0.25) is 41.4 Å². The van der Waals surface area contributed by atoms with E-state index in [-0.39, 0.29) is 31.4 Å². The molecule has 7 rings (SSSR count). The Morgan fingerprint density at radius 1 is 0.658 bits per heavy atom. The van der Waals surface area contributed by atoms with Crippen molar-refractivity contribution in [1.29, 1.82) is 0 Å². The number of amides is 7. The molecule has 4 bridgehead atoms. The van der Waals surface area contributed by atoms with Gasteiger partial charge in [0, 0.05) is 41.9 Å². The van der Waals surface area contributed by atoms with Crippen molar-refractivity contribution in [2.75, 3.05) is 30.6 Å². The van der Waals surface area contributed by atoms with E-state index in [4.69, 9.17) is 9.66 Å². The van der Waals surface area contributed by atoms with Crippen LogP contribution in [0.25, 0.3) is 10.9 Å². The minimum absolute atomic E-state index is 0.0457. The molecular weight excluding hydrogens is 1050 g/mol. The number of para-hydroxylation sites is 1. The van der Waals surface area contributed by atoms with Crippen LogP contribution in [0.3, 0.4) is 0 Å². The molecule has 3 aromatic rings. The molecule has 0 radical (unpaired) electrons. The molecule has 7 amide bonds. The van der Waals surface area contributed by atoms with Gasteiger partial charge in [-0.2, -0.15) is 31.9 Å². The van der Waals surface area contributed by atoms with E-state index in [0.717, 1.165) is 49.4 Å². The molecule has 0 saturated heterocycles. The zero-order valence-electron chi connectivity index (χ0n) is 42.1. The molecule has 4 aliphatic rings. The highest BCUT2D eigenvalue weighted by Gasteiger charge is 2.52. The molecule has 4 fully saturated rings. The lowest BCUT2D eigenvalue weighted by molar-refractivity contribution is -0.142. The second-order valence-corrected chi connectivity index (χ2v) is 22.8. The van der Waals surface area contributed by atoms with E-state index in [9.17, 15) is 56.7 Å². The Morgan fingerprint density at radius 3 is 1.76 bits per heavy atom. The van der Waals surface area contributed by atoms with E-state index in [1.807, 2.05) is 18.2 Å². The number of hydrogen-bond acceptors (Lipinski definition) is 14. The van der Waals surface area contributed by atoms with E-state index in [1.54, 1.807) is 24.8 Å². The number of carboxylic acid groups (broad SMARTS) is 2. The van der Waals surface area contributed by atoms with Crippen LogP contribution in [0.2, 0.25) is 0 Å². The van der Waals surface area contributed by atoms with Crippen molar-refractivity contribution in [2.24, 2.45) is 17.8 Å². The van der Waals surface area contributed by atoms with Gasteiger partial charge in [-0.3, -0.25) is 47.7 Å². The van der Waals surface area contributed by atoms with Crippen molar-refractivity contribution >= 4 is 98.1 Å². The molecule has 76 heavy (non-hydrogen) atoms. The minimum atomic E-state index is -4.84. The van der Waals surface area contributed by atoms with Crippen LogP contribution in [0.5, 0.6) is 5.75 Å². The highest BCUT2D eigenvalue weighted by atomic mass is 32.3. The summed E-state index contributed by atoms with van der Waals surface area (Å²) >= 11 is 2.73. The van der Waals surface area contributed by atoms with Crippen LogP contribution in [0.1, 0.15) is 81.8 Å². The topological polar surface area (TPSA) is 358 Å².